The standard InChI is InChI=1S/C13H15Cl2NO4/c1-13(7-20-2,12(18)19)16-11(17)5-8-3-4-9(14)6-10(8)15/h3-4,6H,5,7H2,1-2H3,(H,16,17)(H,18,19). The number of halogens is 2. The molecule has 0 spiro atoms. The van der Waals surface area contributed by atoms with Gasteiger partial charge in [0.2, 0.25) is 5.91 Å². The molecule has 7 heteroatoms. The number of nitrogens with one attached hydrogen (secondary N) is 1. The summed E-state index contributed by atoms with van der Waals surface area (Å²) in [5.74, 6) is -1.63. The van der Waals surface area contributed by atoms with Crippen molar-refractivity contribution in [2.24, 2.45) is 0 Å². The molecule has 0 fully saturated rings. The van der Waals surface area contributed by atoms with Crippen LogP contribution in [0.25, 0.3) is 0 Å². The minimum atomic E-state index is -1.48. The Morgan fingerprint density at radius 1 is 1.40 bits per heavy atom. The van der Waals surface area contributed by atoms with E-state index in [0.29, 0.717) is 15.6 Å². The predicted octanol–water partition coefficient (Wildman–Crippen LogP) is 2.14. The quantitative estimate of drug-likeness (QED) is 0.842. The second-order valence-corrected chi connectivity index (χ2v) is 5.37. The van der Waals surface area contributed by atoms with E-state index in [1.54, 1.807) is 12.1 Å². The highest BCUT2D eigenvalue weighted by molar-refractivity contribution is 6.35. The van der Waals surface area contributed by atoms with E-state index in [9.17, 15) is 9.59 Å². The second kappa shape index (κ2) is 6.92. The van der Waals surface area contributed by atoms with Gasteiger partial charge < -0.3 is 15.2 Å². The van der Waals surface area contributed by atoms with E-state index in [1.165, 1.54) is 20.1 Å². The van der Waals surface area contributed by atoms with Gasteiger partial charge in [-0.05, 0) is 24.6 Å². The van der Waals surface area contributed by atoms with Crippen molar-refractivity contribution in [3.63, 3.8) is 0 Å². The number of carbonyl (C=O) groups excluding carboxylic acids is 1. The first-order valence-corrected chi connectivity index (χ1v) is 6.51. The van der Waals surface area contributed by atoms with Crippen molar-refractivity contribution >= 4 is 35.1 Å². The van der Waals surface area contributed by atoms with E-state index in [4.69, 9.17) is 33.0 Å². The van der Waals surface area contributed by atoms with Crippen LogP contribution >= 0.6 is 23.2 Å². The lowest BCUT2D eigenvalue weighted by atomic mass is 10.0. The fourth-order valence-electron chi connectivity index (χ4n) is 1.63. The molecule has 1 aromatic carbocycles. The summed E-state index contributed by atoms with van der Waals surface area (Å²) in [5, 5.41) is 12.4. The van der Waals surface area contributed by atoms with Crippen LogP contribution in [0.15, 0.2) is 18.2 Å². The summed E-state index contributed by atoms with van der Waals surface area (Å²) in [7, 11) is 1.36. The summed E-state index contributed by atoms with van der Waals surface area (Å²) in [5.41, 5.74) is -0.913. The van der Waals surface area contributed by atoms with Gasteiger partial charge in [0.25, 0.3) is 0 Å². The van der Waals surface area contributed by atoms with Gasteiger partial charge in [-0.2, -0.15) is 0 Å². The Morgan fingerprint density at radius 3 is 2.55 bits per heavy atom. The molecule has 1 amide bonds. The van der Waals surface area contributed by atoms with Crippen LogP contribution in [0.3, 0.4) is 0 Å². The van der Waals surface area contributed by atoms with Gasteiger partial charge in [0, 0.05) is 17.2 Å². The van der Waals surface area contributed by atoms with Crippen molar-refractivity contribution in [1.29, 1.82) is 0 Å². The molecule has 0 aliphatic heterocycles. The Kier molecular flexibility index (Phi) is 5.80. The van der Waals surface area contributed by atoms with Gasteiger partial charge in [-0.25, -0.2) is 4.79 Å². The predicted molar refractivity (Wildman–Crippen MR) is 76.2 cm³/mol. The molecule has 2 N–H and O–H groups in total. The topological polar surface area (TPSA) is 75.6 Å². The number of aliphatic carboxylic acids is 1. The maximum Gasteiger partial charge on any atom is 0.331 e. The van der Waals surface area contributed by atoms with Gasteiger partial charge in [0.1, 0.15) is 0 Å². The van der Waals surface area contributed by atoms with Crippen LogP contribution < -0.4 is 5.32 Å². The molecule has 0 bridgehead atoms. The smallest absolute Gasteiger partial charge is 0.331 e. The van der Waals surface area contributed by atoms with Gasteiger partial charge in [0.15, 0.2) is 5.54 Å². The monoisotopic (exact) mass is 319 g/mol. The van der Waals surface area contributed by atoms with Crippen molar-refractivity contribution in [2.75, 3.05) is 13.7 Å². The first kappa shape index (κ1) is 16.8. The number of benzene rings is 1. The third kappa shape index (κ3) is 4.37. The molecule has 0 heterocycles. The fourth-order valence-corrected chi connectivity index (χ4v) is 2.11. The van der Waals surface area contributed by atoms with Gasteiger partial charge in [-0.1, -0.05) is 29.3 Å². The third-order valence-electron chi connectivity index (χ3n) is 2.69. The van der Waals surface area contributed by atoms with Crippen LogP contribution in [0.5, 0.6) is 0 Å². The minimum Gasteiger partial charge on any atom is -0.479 e. The number of hydrogen-bond acceptors (Lipinski definition) is 3. The number of carboxylic acids is 1. The Hall–Kier alpha value is -1.30. The Balaban J connectivity index is 2.78. The molecule has 0 saturated heterocycles. The normalized spacial score (nSPS) is 13.6. The molecule has 5 nitrogen and oxygen atoms in total. The third-order valence-corrected chi connectivity index (χ3v) is 3.27. The van der Waals surface area contributed by atoms with E-state index in [2.05, 4.69) is 5.32 Å². The molecule has 0 aromatic heterocycles. The lowest BCUT2D eigenvalue weighted by Crippen LogP contribution is -2.55. The van der Waals surface area contributed by atoms with Crippen LogP contribution in [-0.2, 0) is 20.7 Å². The van der Waals surface area contributed by atoms with Gasteiger partial charge >= 0.3 is 5.97 Å². The lowest BCUT2D eigenvalue weighted by Gasteiger charge is -2.25. The Bertz CT molecular complexity index is 521. The largest absolute Gasteiger partial charge is 0.479 e. The van der Waals surface area contributed by atoms with Crippen LogP contribution in [0, 0.1) is 0 Å². The molecule has 0 radical (unpaired) electrons. The summed E-state index contributed by atoms with van der Waals surface area (Å²) in [6, 6.07) is 4.76. The zero-order valence-electron chi connectivity index (χ0n) is 11.1. The highest BCUT2D eigenvalue weighted by Gasteiger charge is 2.34. The number of carbonyl (C=O) groups is 2. The summed E-state index contributed by atoms with van der Waals surface area (Å²) >= 11 is 11.7. The summed E-state index contributed by atoms with van der Waals surface area (Å²) in [4.78, 5) is 23.1. The first-order chi connectivity index (χ1) is 9.28. The maximum atomic E-state index is 11.9. The van der Waals surface area contributed by atoms with Crippen LogP contribution in [0.4, 0.5) is 0 Å². The van der Waals surface area contributed by atoms with Crippen molar-refractivity contribution in [3.8, 4) is 0 Å². The SMILES string of the molecule is COCC(C)(NC(=O)Cc1ccc(Cl)cc1Cl)C(=O)O. The molecule has 0 aliphatic rings. The van der Waals surface area contributed by atoms with Crippen LogP contribution in [0.1, 0.15) is 12.5 Å². The first-order valence-electron chi connectivity index (χ1n) is 5.76. The molecular weight excluding hydrogens is 305 g/mol. The Morgan fingerprint density at radius 2 is 2.05 bits per heavy atom. The Labute approximate surface area is 126 Å². The molecule has 1 unspecified atom stereocenters. The van der Waals surface area contributed by atoms with E-state index < -0.39 is 17.4 Å². The van der Waals surface area contributed by atoms with E-state index >= 15 is 0 Å². The molecule has 1 aromatic rings. The highest BCUT2D eigenvalue weighted by atomic mass is 35.5. The van der Waals surface area contributed by atoms with E-state index in [1.807, 2.05) is 0 Å². The van der Waals surface area contributed by atoms with Crippen LogP contribution in [-0.4, -0.2) is 36.2 Å². The van der Waals surface area contributed by atoms with Gasteiger partial charge in [-0.3, -0.25) is 4.79 Å². The number of hydrogen-bond donors (Lipinski definition) is 2. The molecule has 0 saturated carbocycles. The molecular formula is C13H15Cl2NO4. The van der Waals surface area contributed by atoms with Crippen LogP contribution in [0.2, 0.25) is 10.0 Å². The zero-order chi connectivity index (χ0) is 15.3. The van der Waals surface area contributed by atoms with E-state index in [-0.39, 0.29) is 13.0 Å². The summed E-state index contributed by atoms with van der Waals surface area (Å²) in [6.07, 6.45) is -0.0391. The highest BCUT2D eigenvalue weighted by Crippen LogP contribution is 2.21. The number of ether oxygens (including phenoxy) is 1. The van der Waals surface area contributed by atoms with Gasteiger partial charge in [-0.15, -0.1) is 0 Å². The molecule has 20 heavy (non-hydrogen) atoms. The summed E-state index contributed by atoms with van der Waals surface area (Å²) < 4.78 is 4.82. The number of carboxylic acid groups (broad SMARTS) is 1. The lowest BCUT2D eigenvalue weighted by molar-refractivity contribution is -0.149. The van der Waals surface area contributed by atoms with Crippen molar-refractivity contribution in [3.05, 3.63) is 33.8 Å². The van der Waals surface area contributed by atoms with Crippen molar-refractivity contribution in [1.82, 2.24) is 5.32 Å². The number of rotatable bonds is 6. The molecule has 110 valence electrons. The van der Waals surface area contributed by atoms with Crippen molar-refractivity contribution < 1.29 is 19.4 Å². The second-order valence-electron chi connectivity index (χ2n) is 4.53. The molecule has 0 aliphatic carbocycles. The fraction of sp³-hybridized carbons (Fsp3) is 0.385. The van der Waals surface area contributed by atoms with Crippen molar-refractivity contribution in [2.45, 2.75) is 18.9 Å². The minimum absolute atomic E-state index is 0.0391. The average Bonchev–Trinajstić information content (AvgIpc) is 2.32. The molecule has 1 atom stereocenters. The molecule has 1 rings (SSSR count). The summed E-state index contributed by atoms with van der Waals surface area (Å²) in [6.45, 7) is 1.24. The maximum absolute atomic E-state index is 11.9. The average molecular weight is 320 g/mol. The zero-order valence-corrected chi connectivity index (χ0v) is 12.6. The number of methoxy groups -OCH3 is 1. The number of amides is 1. The van der Waals surface area contributed by atoms with Gasteiger partial charge in [0.05, 0.1) is 13.0 Å². The van der Waals surface area contributed by atoms with E-state index in [0.717, 1.165) is 0 Å².